The molecule has 2 rings (SSSR count). The Bertz CT molecular complexity index is 366. The van der Waals surface area contributed by atoms with Crippen LogP contribution in [0.1, 0.15) is 43.7 Å². The zero-order valence-electron chi connectivity index (χ0n) is 9.73. The number of phenolic OH excluding ortho intramolecular Hbond substituents is 1. The molecular weight excluding hydrogens is 241 g/mol. The van der Waals surface area contributed by atoms with Gasteiger partial charge in [-0.2, -0.15) is 0 Å². The predicted octanol–water partition coefficient (Wildman–Crippen LogP) is 3.53. The summed E-state index contributed by atoms with van der Waals surface area (Å²) in [6.07, 6.45) is 5.82. The number of benzene rings is 1. The van der Waals surface area contributed by atoms with Gasteiger partial charge in [-0.05, 0) is 24.8 Å². The summed E-state index contributed by atoms with van der Waals surface area (Å²) < 4.78 is 13.6. The van der Waals surface area contributed by atoms with E-state index in [4.69, 9.17) is 10.8 Å². The van der Waals surface area contributed by atoms with Gasteiger partial charge in [-0.25, -0.2) is 4.39 Å². The van der Waals surface area contributed by atoms with Crippen molar-refractivity contribution in [1.82, 2.24) is 0 Å². The Morgan fingerprint density at radius 3 is 2.47 bits per heavy atom. The van der Waals surface area contributed by atoms with Gasteiger partial charge < -0.3 is 10.8 Å². The molecule has 0 bridgehead atoms. The molecule has 0 amide bonds. The van der Waals surface area contributed by atoms with Crippen molar-refractivity contribution in [3.05, 3.63) is 29.6 Å². The van der Waals surface area contributed by atoms with Gasteiger partial charge in [0.15, 0.2) is 0 Å². The minimum absolute atomic E-state index is 0. The summed E-state index contributed by atoms with van der Waals surface area (Å²) in [4.78, 5) is 0. The number of hydrogen-bond donors (Lipinski definition) is 2. The third-order valence-electron chi connectivity index (χ3n) is 3.50. The van der Waals surface area contributed by atoms with Gasteiger partial charge >= 0.3 is 0 Å². The normalized spacial score (nSPS) is 18.5. The molecule has 3 N–H and O–H groups in total. The first-order chi connectivity index (χ1) is 7.68. The lowest BCUT2D eigenvalue weighted by Gasteiger charge is -2.27. The first kappa shape index (κ1) is 14.3. The van der Waals surface area contributed by atoms with E-state index in [0.717, 1.165) is 18.9 Å². The summed E-state index contributed by atoms with van der Waals surface area (Å²) >= 11 is 0. The first-order valence-electron chi connectivity index (χ1n) is 5.92. The second-order valence-electron chi connectivity index (χ2n) is 4.63. The van der Waals surface area contributed by atoms with Gasteiger partial charge in [0.05, 0.1) is 0 Å². The van der Waals surface area contributed by atoms with Gasteiger partial charge in [0, 0.05) is 17.7 Å². The van der Waals surface area contributed by atoms with Crippen LogP contribution in [0.4, 0.5) is 4.39 Å². The lowest BCUT2D eigenvalue weighted by Crippen LogP contribution is -2.24. The zero-order valence-corrected chi connectivity index (χ0v) is 10.5. The average Bonchev–Trinajstić information content (AvgIpc) is 2.29. The summed E-state index contributed by atoms with van der Waals surface area (Å²) in [7, 11) is 0. The van der Waals surface area contributed by atoms with E-state index in [-0.39, 0.29) is 24.2 Å². The maximum Gasteiger partial charge on any atom is 0.131 e. The molecule has 1 atom stereocenters. The number of halogens is 2. The minimum atomic E-state index is -0.391. The van der Waals surface area contributed by atoms with Crippen molar-refractivity contribution in [3.8, 4) is 5.75 Å². The zero-order chi connectivity index (χ0) is 11.5. The summed E-state index contributed by atoms with van der Waals surface area (Å²) in [6.45, 7) is 0. The summed E-state index contributed by atoms with van der Waals surface area (Å²) in [6, 6.07) is 4.00. The quantitative estimate of drug-likeness (QED) is 0.853. The molecule has 1 aromatic rings. The molecule has 0 heterocycles. The van der Waals surface area contributed by atoms with Crippen LogP contribution in [-0.4, -0.2) is 5.11 Å². The fourth-order valence-corrected chi connectivity index (χ4v) is 2.53. The van der Waals surface area contributed by atoms with E-state index in [9.17, 15) is 4.39 Å². The third-order valence-corrected chi connectivity index (χ3v) is 3.50. The highest BCUT2D eigenvalue weighted by molar-refractivity contribution is 5.85. The lowest BCUT2D eigenvalue weighted by molar-refractivity contribution is 0.303. The van der Waals surface area contributed by atoms with Gasteiger partial charge in [-0.1, -0.05) is 25.3 Å². The average molecular weight is 260 g/mol. The molecule has 0 aromatic heterocycles. The van der Waals surface area contributed by atoms with E-state index in [2.05, 4.69) is 0 Å². The van der Waals surface area contributed by atoms with E-state index < -0.39 is 5.82 Å². The highest BCUT2D eigenvalue weighted by Gasteiger charge is 2.23. The standard InChI is InChI=1S/C13H18FNO.ClH/c14-12-8-10(16)6-7-11(12)13(15)9-4-2-1-3-5-9;/h6-9,13,16H,1-5,15H2;1H/t13-;/m1./s1. The maximum absolute atomic E-state index is 13.6. The molecule has 17 heavy (non-hydrogen) atoms. The molecule has 4 heteroatoms. The molecule has 0 spiro atoms. The molecule has 1 aliphatic carbocycles. The fourth-order valence-electron chi connectivity index (χ4n) is 2.53. The molecule has 1 aliphatic rings. The summed E-state index contributed by atoms with van der Waals surface area (Å²) in [5.74, 6) is -0.0528. The third kappa shape index (κ3) is 3.33. The number of aromatic hydroxyl groups is 1. The molecular formula is C13H19ClFNO. The van der Waals surface area contributed by atoms with Crippen LogP contribution in [0, 0.1) is 11.7 Å². The Hall–Kier alpha value is -0.800. The second kappa shape index (κ2) is 6.22. The molecule has 2 nitrogen and oxygen atoms in total. The van der Waals surface area contributed by atoms with Gasteiger partial charge in [-0.3, -0.25) is 0 Å². The second-order valence-corrected chi connectivity index (χ2v) is 4.63. The van der Waals surface area contributed by atoms with E-state index in [1.165, 1.54) is 25.3 Å². The van der Waals surface area contributed by atoms with Gasteiger partial charge in [0.2, 0.25) is 0 Å². The van der Waals surface area contributed by atoms with E-state index >= 15 is 0 Å². The van der Waals surface area contributed by atoms with Crippen LogP contribution < -0.4 is 5.73 Å². The van der Waals surface area contributed by atoms with Crippen LogP contribution in [0.2, 0.25) is 0 Å². The largest absolute Gasteiger partial charge is 0.508 e. The Balaban J connectivity index is 0.00000144. The molecule has 0 unspecified atom stereocenters. The number of rotatable bonds is 2. The van der Waals surface area contributed by atoms with Crippen molar-refractivity contribution >= 4 is 12.4 Å². The SMILES string of the molecule is Cl.N[C@@H](c1ccc(O)cc1F)C1CCCCC1. The molecule has 1 aromatic carbocycles. The highest BCUT2D eigenvalue weighted by atomic mass is 35.5. The Morgan fingerprint density at radius 1 is 1.24 bits per heavy atom. The van der Waals surface area contributed by atoms with Crippen molar-refractivity contribution < 1.29 is 9.50 Å². The first-order valence-corrected chi connectivity index (χ1v) is 5.92. The van der Waals surface area contributed by atoms with Crippen molar-refractivity contribution in [2.24, 2.45) is 11.7 Å². The van der Waals surface area contributed by atoms with Gasteiger partial charge in [-0.15, -0.1) is 12.4 Å². The smallest absolute Gasteiger partial charge is 0.131 e. The van der Waals surface area contributed by atoms with Crippen LogP contribution in [0.5, 0.6) is 5.75 Å². The number of phenols is 1. The Labute approximate surface area is 107 Å². The minimum Gasteiger partial charge on any atom is -0.508 e. The van der Waals surface area contributed by atoms with Crippen molar-refractivity contribution in [2.45, 2.75) is 38.1 Å². The molecule has 1 saturated carbocycles. The van der Waals surface area contributed by atoms with Crippen molar-refractivity contribution in [1.29, 1.82) is 0 Å². The van der Waals surface area contributed by atoms with Crippen molar-refractivity contribution in [3.63, 3.8) is 0 Å². The number of nitrogens with two attached hydrogens (primary N) is 1. The lowest BCUT2D eigenvalue weighted by atomic mass is 9.81. The topological polar surface area (TPSA) is 46.2 Å². The van der Waals surface area contributed by atoms with Crippen LogP contribution in [0.3, 0.4) is 0 Å². The van der Waals surface area contributed by atoms with E-state index in [1.54, 1.807) is 6.07 Å². The molecule has 96 valence electrons. The van der Waals surface area contributed by atoms with Crippen molar-refractivity contribution in [2.75, 3.05) is 0 Å². The predicted molar refractivity (Wildman–Crippen MR) is 68.8 cm³/mol. The summed E-state index contributed by atoms with van der Waals surface area (Å²) in [5.41, 5.74) is 6.63. The number of hydrogen-bond acceptors (Lipinski definition) is 2. The monoisotopic (exact) mass is 259 g/mol. The van der Waals surface area contributed by atoms with E-state index in [0.29, 0.717) is 11.5 Å². The van der Waals surface area contributed by atoms with E-state index in [1.807, 2.05) is 0 Å². The molecule has 0 saturated heterocycles. The molecule has 0 aliphatic heterocycles. The molecule has 0 radical (unpaired) electrons. The molecule has 1 fully saturated rings. The summed E-state index contributed by atoms with van der Waals surface area (Å²) in [5, 5.41) is 9.15. The van der Waals surface area contributed by atoms with Crippen LogP contribution in [-0.2, 0) is 0 Å². The Morgan fingerprint density at radius 2 is 1.88 bits per heavy atom. The van der Waals surface area contributed by atoms with Gasteiger partial charge in [0.1, 0.15) is 11.6 Å². The maximum atomic E-state index is 13.6. The highest BCUT2D eigenvalue weighted by Crippen LogP contribution is 2.34. The van der Waals surface area contributed by atoms with Crippen LogP contribution in [0.15, 0.2) is 18.2 Å². The Kier molecular flexibility index (Phi) is 5.22. The van der Waals surface area contributed by atoms with Crippen LogP contribution >= 0.6 is 12.4 Å². The van der Waals surface area contributed by atoms with Crippen LogP contribution in [0.25, 0.3) is 0 Å². The van der Waals surface area contributed by atoms with Gasteiger partial charge in [0.25, 0.3) is 0 Å². The fraction of sp³-hybridized carbons (Fsp3) is 0.538.